The third-order valence-corrected chi connectivity index (χ3v) is 2.31. The number of piperidine rings is 1. The minimum Gasteiger partial charge on any atom is -0.307 e. The van der Waals surface area contributed by atoms with E-state index in [0.717, 1.165) is 19.3 Å². The second kappa shape index (κ2) is 3.71. The van der Waals surface area contributed by atoms with E-state index in [0.29, 0.717) is 5.92 Å². The second-order valence-electron chi connectivity index (χ2n) is 2.93. The molecule has 1 fully saturated rings. The molecule has 2 atom stereocenters. The summed E-state index contributed by atoms with van der Waals surface area (Å²) in [6, 6.07) is 0.138. The molecule has 0 aliphatic carbocycles. The highest BCUT2D eigenvalue weighted by Crippen LogP contribution is 2.17. The Morgan fingerprint density at radius 1 is 1.70 bits per heavy atom. The maximum absolute atomic E-state index is 10.5. The molecule has 58 valence electrons. The first-order valence-corrected chi connectivity index (χ1v) is 4.07. The Morgan fingerprint density at radius 3 is 3.00 bits per heavy atom. The Bertz CT molecular complexity index is 114. The second-order valence-corrected chi connectivity index (χ2v) is 2.93. The zero-order valence-electron chi connectivity index (χ0n) is 6.47. The lowest BCUT2D eigenvalue weighted by Crippen LogP contribution is -2.42. The lowest BCUT2D eigenvalue weighted by molar-refractivity contribution is -0.111. The maximum atomic E-state index is 10.5. The fraction of sp³-hybridized carbons (Fsp3) is 0.875. The molecule has 10 heavy (non-hydrogen) atoms. The molecule has 0 spiro atoms. The van der Waals surface area contributed by atoms with Crippen molar-refractivity contribution in [3.8, 4) is 0 Å². The molecule has 1 N–H and O–H groups in total. The molecular weight excluding hydrogens is 126 g/mol. The molecule has 2 heteroatoms. The van der Waals surface area contributed by atoms with E-state index in [4.69, 9.17) is 0 Å². The van der Waals surface area contributed by atoms with Crippen molar-refractivity contribution in [1.29, 1.82) is 0 Å². The van der Waals surface area contributed by atoms with E-state index in [-0.39, 0.29) is 6.04 Å². The van der Waals surface area contributed by atoms with Gasteiger partial charge in [-0.3, -0.25) is 0 Å². The molecule has 0 saturated carbocycles. The van der Waals surface area contributed by atoms with E-state index in [9.17, 15) is 4.79 Å². The smallest absolute Gasteiger partial charge is 0.137 e. The van der Waals surface area contributed by atoms with Gasteiger partial charge in [0.05, 0.1) is 6.04 Å². The van der Waals surface area contributed by atoms with Crippen LogP contribution in [0.15, 0.2) is 0 Å². The zero-order chi connectivity index (χ0) is 7.40. The average molecular weight is 141 g/mol. The van der Waals surface area contributed by atoms with Gasteiger partial charge in [-0.15, -0.1) is 0 Å². The summed E-state index contributed by atoms with van der Waals surface area (Å²) in [5, 5.41) is 3.20. The molecule has 1 saturated heterocycles. The van der Waals surface area contributed by atoms with Gasteiger partial charge in [-0.1, -0.05) is 13.3 Å². The summed E-state index contributed by atoms with van der Waals surface area (Å²) < 4.78 is 0. The number of aldehydes is 1. The van der Waals surface area contributed by atoms with Gasteiger partial charge in [-0.25, -0.2) is 0 Å². The van der Waals surface area contributed by atoms with Crippen molar-refractivity contribution in [3.63, 3.8) is 0 Å². The van der Waals surface area contributed by atoms with Gasteiger partial charge in [0.1, 0.15) is 6.29 Å². The summed E-state index contributed by atoms with van der Waals surface area (Å²) in [5.41, 5.74) is 0. The molecule has 0 aromatic carbocycles. The maximum Gasteiger partial charge on any atom is 0.137 e. The van der Waals surface area contributed by atoms with Crippen molar-refractivity contribution in [2.75, 3.05) is 6.54 Å². The van der Waals surface area contributed by atoms with Crippen molar-refractivity contribution < 1.29 is 4.79 Å². The topological polar surface area (TPSA) is 29.1 Å². The first-order valence-electron chi connectivity index (χ1n) is 4.07. The zero-order valence-corrected chi connectivity index (χ0v) is 6.47. The van der Waals surface area contributed by atoms with Gasteiger partial charge in [0.2, 0.25) is 0 Å². The monoisotopic (exact) mass is 141 g/mol. The molecule has 1 rings (SSSR count). The van der Waals surface area contributed by atoms with Crippen LogP contribution in [-0.4, -0.2) is 18.9 Å². The number of hydrogen-bond donors (Lipinski definition) is 1. The van der Waals surface area contributed by atoms with Crippen molar-refractivity contribution in [1.82, 2.24) is 5.32 Å². The van der Waals surface area contributed by atoms with E-state index < -0.39 is 0 Å². The third-order valence-electron chi connectivity index (χ3n) is 2.31. The quantitative estimate of drug-likeness (QED) is 0.580. The molecule has 0 aromatic rings. The standard InChI is InChI=1S/C8H15NO/c1-2-7-4-3-5-9-8(7)6-10/h6-9H,2-5H2,1H3. The lowest BCUT2D eigenvalue weighted by atomic mass is 9.90. The van der Waals surface area contributed by atoms with Crippen LogP contribution in [0.4, 0.5) is 0 Å². The number of hydrogen-bond acceptors (Lipinski definition) is 2. The van der Waals surface area contributed by atoms with Crippen molar-refractivity contribution in [2.24, 2.45) is 5.92 Å². The first-order chi connectivity index (χ1) is 4.88. The predicted molar refractivity (Wildman–Crippen MR) is 40.9 cm³/mol. The Kier molecular flexibility index (Phi) is 2.87. The number of rotatable bonds is 2. The largest absolute Gasteiger partial charge is 0.307 e. The van der Waals surface area contributed by atoms with Crippen LogP contribution >= 0.6 is 0 Å². The van der Waals surface area contributed by atoms with E-state index in [1.165, 1.54) is 12.8 Å². The van der Waals surface area contributed by atoms with Crippen LogP contribution in [-0.2, 0) is 4.79 Å². The predicted octanol–water partition coefficient (Wildman–Crippen LogP) is 0.963. The van der Waals surface area contributed by atoms with E-state index in [2.05, 4.69) is 12.2 Å². The average Bonchev–Trinajstić information content (AvgIpc) is 2.04. The molecular formula is C8H15NO. The minimum absolute atomic E-state index is 0.138. The molecule has 0 radical (unpaired) electrons. The number of carbonyl (C=O) groups excluding carboxylic acids is 1. The van der Waals surface area contributed by atoms with Gasteiger partial charge in [0.15, 0.2) is 0 Å². The molecule has 1 aliphatic heterocycles. The SMILES string of the molecule is CCC1CCCNC1C=O. The minimum atomic E-state index is 0.138. The summed E-state index contributed by atoms with van der Waals surface area (Å²) >= 11 is 0. The van der Waals surface area contributed by atoms with Gasteiger partial charge >= 0.3 is 0 Å². The summed E-state index contributed by atoms with van der Waals surface area (Å²) in [4.78, 5) is 10.5. The number of carbonyl (C=O) groups is 1. The van der Waals surface area contributed by atoms with Crippen LogP contribution in [0.25, 0.3) is 0 Å². The number of nitrogens with one attached hydrogen (secondary N) is 1. The van der Waals surface area contributed by atoms with Crippen molar-refractivity contribution in [3.05, 3.63) is 0 Å². The fourth-order valence-corrected chi connectivity index (χ4v) is 1.60. The van der Waals surface area contributed by atoms with Gasteiger partial charge in [-0.2, -0.15) is 0 Å². The summed E-state index contributed by atoms with van der Waals surface area (Å²) in [6.45, 7) is 3.16. The highest BCUT2D eigenvalue weighted by Gasteiger charge is 2.21. The highest BCUT2D eigenvalue weighted by molar-refractivity contribution is 5.58. The molecule has 1 heterocycles. The van der Waals surface area contributed by atoms with Gasteiger partial charge in [0.25, 0.3) is 0 Å². The van der Waals surface area contributed by atoms with Crippen LogP contribution in [0.5, 0.6) is 0 Å². The van der Waals surface area contributed by atoms with E-state index >= 15 is 0 Å². The van der Waals surface area contributed by atoms with Crippen LogP contribution < -0.4 is 5.32 Å². The normalized spacial score (nSPS) is 33.7. The van der Waals surface area contributed by atoms with Crippen LogP contribution in [0, 0.1) is 5.92 Å². The fourth-order valence-electron chi connectivity index (χ4n) is 1.60. The van der Waals surface area contributed by atoms with Crippen LogP contribution in [0.1, 0.15) is 26.2 Å². The van der Waals surface area contributed by atoms with E-state index in [1.54, 1.807) is 0 Å². The van der Waals surface area contributed by atoms with Crippen LogP contribution in [0.3, 0.4) is 0 Å². The van der Waals surface area contributed by atoms with Crippen molar-refractivity contribution in [2.45, 2.75) is 32.2 Å². The van der Waals surface area contributed by atoms with Crippen molar-refractivity contribution >= 4 is 6.29 Å². The molecule has 1 aliphatic rings. The molecule has 2 unspecified atom stereocenters. The molecule has 0 amide bonds. The first kappa shape index (κ1) is 7.73. The summed E-state index contributed by atoms with van der Waals surface area (Å²) in [5.74, 6) is 0.589. The molecule has 0 aromatic heterocycles. The Balaban J connectivity index is 2.41. The Morgan fingerprint density at radius 2 is 2.50 bits per heavy atom. The summed E-state index contributed by atoms with van der Waals surface area (Å²) in [6.07, 6.45) is 4.61. The molecule has 2 nitrogen and oxygen atoms in total. The Hall–Kier alpha value is -0.370. The Labute approximate surface area is 62.0 Å². The van der Waals surface area contributed by atoms with Gasteiger partial charge in [0, 0.05) is 0 Å². The van der Waals surface area contributed by atoms with Gasteiger partial charge < -0.3 is 10.1 Å². The van der Waals surface area contributed by atoms with Gasteiger partial charge in [-0.05, 0) is 25.3 Å². The molecule has 0 bridgehead atoms. The third kappa shape index (κ3) is 1.57. The van der Waals surface area contributed by atoms with E-state index in [1.807, 2.05) is 0 Å². The summed E-state index contributed by atoms with van der Waals surface area (Å²) in [7, 11) is 0. The highest BCUT2D eigenvalue weighted by atomic mass is 16.1. The lowest BCUT2D eigenvalue weighted by Gasteiger charge is -2.27. The van der Waals surface area contributed by atoms with Crippen LogP contribution in [0.2, 0.25) is 0 Å².